The molecule has 1 amide bonds. The summed E-state index contributed by atoms with van der Waals surface area (Å²) >= 11 is 0. The Labute approximate surface area is 166 Å². The molecular formula is C21H18N4O4. The van der Waals surface area contributed by atoms with Gasteiger partial charge in [0.25, 0.3) is 5.91 Å². The van der Waals surface area contributed by atoms with Crippen LogP contribution in [0, 0.1) is 0 Å². The van der Waals surface area contributed by atoms with Crippen molar-refractivity contribution in [2.45, 2.75) is 0 Å². The van der Waals surface area contributed by atoms with E-state index in [9.17, 15) is 9.59 Å². The van der Waals surface area contributed by atoms with Crippen molar-refractivity contribution >= 4 is 28.9 Å². The van der Waals surface area contributed by atoms with Crippen LogP contribution in [0.1, 0.15) is 20.7 Å². The molecule has 0 unspecified atom stereocenters. The summed E-state index contributed by atoms with van der Waals surface area (Å²) in [4.78, 5) is 29.2. The van der Waals surface area contributed by atoms with Crippen molar-refractivity contribution in [3.63, 3.8) is 0 Å². The van der Waals surface area contributed by atoms with Crippen LogP contribution in [-0.2, 0) is 4.84 Å². The number of hydrogen-bond acceptors (Lipinski definition) is 7. The fraction of sp³-hybridized carbons (Fsp3) is 0.0476. The summed E-state index contributed by atoms with van der Waals surface area (Å²) in [5.41, 5.74) is 10.3. The fourth-order valence-electron chi connectivity index (χ4n) is 2.40. The number of hydrogen-bond donors (Lipinski definition) is 2. The van der Waals surface area contributed by atoms with E-state index in [1.165, 1.54) is 13.2 Å². The van der Waals surface area contributed by atoms with Gasteiger partial charge in [-0.3, -0.25) is 4.79 Å². The minimum Gasteiger partial charge on any atom is -0.496 e. The molecule has 8 nitrogen and oxygen atoms in total. The zero-order chi connectivity index (χ0) is 20.6. The van der Waals surface area contributed by atoms with Crippen molar-refractivity contribution in [2.24, 2.45) is 10.2 Å². The molecule has 0 heterocycles. The third-order valence-electron chi connectivity index (χ3n) is 3.85. The second-order valence-electron chi connectivity index (χ2n) is 5.87. The van der Waals surface area contributed by atoms with Crippen LogP contribution in [0.5, 0.6) is 5.75 Å². The van der Waals surface area contributed by atoms with Crippen LogP contribution in [0.2, 0.25) is 0 Å². The molecule has 0 aliphatic heterocycles. The molecule has 3 N–H and O–H groups in total. The number of carbonyl (C=O) groups is 2. The van der Waals surface area contributed by atoms with E-state index < -0.39 is 11.9 Å². The van der Waals surface area contributed by atoms with Gasteiger partial charge in [-0.25, -0.2) is 10.3 Å². The van der Waals surface area contributed by atoms with E-state index in [1.807, 2.05) is 0 Å². The molecule has 0 spiro atoms. The summed E-state index contributed by atoms with van der Waals surface area (Å²) in [6.07, 6.45) is 0. The molecule has 0 aliphatic carbocycles. The van der Waals surface area contributed by atoms with Crippen LogP contribution in [0.4, 0.5) is 17.1 Å². The maximum atomic E-state index is 12.2. The Morgan fingerprint density at radius 1 is 0.966 bits per heavy atom. The molecule has 146 valence electrons. The predicted molar refractivity (Wildman–Crippen MR) is 108 cm³/mol. The van der Waals surface area contributed by atoms with Gasteiger partial charge in [-0.05, 0) is 54.6 Å². The maximum Gasteiger partial charge on any atom is 0.366 e. The second-order valence-corrected chi connectivity index (χ2v) is 5.87. The lowest BCUT2D eigenvalue weighted by atomic mass is 10.2. The van der Waals surface area contributed by atoms with E-state index in [0.29, 0.717) is 33.9 Å². The summed E-state index contributed by atoms with van der Waals surface area (Å²) in [6.45, 7) is 0. The van der Waals surface area contributed by atoms with Crippen molar-refractivity contribution < 1.29 is 19.2 Å². The number of rotatable bonds is 6. The first-order valence-electron chi connectivity index (χ1n) is 8.58. The lowest BCUT2D eigenvalue weighted by Crippen LogP contribution is -2.11. The molecule has 8 heteroatoms. The molecule has 0 radical (unpaired) electrons. The van der Waals surface area contributed by atoms with Gasteiger partial charge in [0.15, 0.2) is 0 Å². The van der Waals surface area contributed by atoms with E-state index in [-0.39, 0.29) is 0 Å². The van der Waals surface area contributed by atoms with Crippen molar-refractivity contribution in [3.05, 3.63) is 83.9 Å². The lowest BCUT2D eigenvalue weighted by molar-refractivity contribution is 0.0592. The molecule has 0 saturated carbocycles. The highest BCUT2D eigenvalue weighted by Gasteiger charge is 2.13. The average Bonchev–Trinajstić information content (AvgIpc) is 2.76. The van der Waals surface area contributed by atoms with Gasteiger partial charge >= 0.3 is 5.97 Å². The Hall–Kier alpha value is -4.20. The van der Waals surface area contributed by atoms with Gasteiger partial charge in [0.2, 0.25) is 0 Å². The number of carbonyl (C=O) groups excluding carboxylic acids is 2. The van der Waals surface area contributed by atoms with Crippen LogP contribution in [0.3, 0.4) is 0 Å². The van der Waals surface area contributed by atoms with Crippen LogP contribution < -0.4 is 16.0 Å². The minimum atomic E-state index is -0.584. The molecule has 3 rings (SSSR count). The zero-order valence-electron chi connectivity index (χ0n) is 15.5. The standard InChI is InChI=1S/C21H18N4O4/c1-28-19-8-3-2-7-18(19)21(27)29-25-17-11-9-16(10-12-17)23-24-20(26)14-5-4-6-15(22)13-14/h2-13,25H,22H2,1H3. The van der Waals surface area contributed by atoms with Gasteiger partial charge in [0, 0.05) is 11.3 Å². The van der Waals surface area contributed by atoms with Crippen molar-refractivity contribution in [3.8, 4) is 5.75 Å². The predicted octanol–water partition coefficient (Wildman–Crippen LogP) is 4.39. The van der Waals surface area contributed by atoms with Crippen LogP contribution in [0.25, 0.3) is 0 Å². The minimum absolute atomic E-state index is 0.299. The molecule has 0 fully saturated rings. The molecule has 29 heavy (non-hydrogen) atoms. The van der Waals surface area contributed by atoms with E-state index in [4.69, 9.17) is 15.3 Å². The third-order valence-corrected chi connectivity index (χ3v) is 3.85. The number of nitrogen functional groups attached to an aromatic ring is 1. The van der Waals surface area contributed by atoms with Gasteiger partial charge in [-0.1, -0.05) is 18.2 Å². The quantitative estimate of drug-likeness (QED) is 0.366. The normalized spacial score (nSPS) is 10.5. The molecule has 0 aromatic heterocycles. The van der Waals surface area contributed by atoms with Gasteiger partial charge in [0.1, 0.15) is 11.3 Å². The summed E-state index contributed by atoms with van der Waals surface area (Å²) in [5.74, 6) is -0.663. The smallest absolute Gasteiger partial charge is 0.366 e. The Kier molecular flexibility index (Phi) is 6.16. The van der Waals surface area contributed by atoms with Gasteiger partial charge in [-0.15, -0.1) is 10.2 Å². The van der Waals surface area contributed by atoms with Gasteiger partial charge in [0.05, 0.1) is 18.5 Å². The number of benzene rings is 3. The first-order valence-corrected chi connectivity index (χ1v) is 8.58. The average molecular weight is 390 g/mol. The first kappa shape index (κ1) is 19.6. The highest BCUT2D eigenvalue weighted by Crippen LogP contribution is 2.20. The second kappa shape index (κ2) is 9.14. The number of anilines is 2. The number of para-hydroxylation sites is 1. The third kappa shape index (κ3) is 5.16. The number of nitrogens with one attached hydrogen (secondary N) is 1. The summed E-state index contributed by atoms with van der Waals surface area (Å²) in [7, 11) is 1.48. The molecule has 0 atom stereocenters. The van der Waals surface area contributed by atoms with Gasteiger partial charge < -0.3 is 15.3 Å². The van der Waals surface area contributed by atoms with Crippen LogP contribution in [0.15, 0.2) is 83.0 Å². The van der Waals surface area contributed by atoms with E-state index in [2.05, 4.69) is 15.7 Å². The van der Waals surface area contributed by atoms with Crippen LogP contribution in [-0.4, -0.2) is 19.0 Å². The first-order chi connectivity index (χ1) is 14.1. The highest BCUT2D eigenvalue weighted by atomic mass is 16.7. The van der Waals surface area contributed by atoms with E-state index >= 15 is 0 Å². The molecular weight excluding hydrogens is 372 g/mol. The molecule has 0 bridgehead atoms. The van der Waals surface area contributed by atoms with E-state index in [0.717, 1.165) is 0 Å². The number of amides is 1. The topological polar surface area (TPSA) is 115 Å². The fourth-order valence-corrected chi connectivity index (χ4v) is 2.40. The van der Waals surface area contributed by atoms with Gasteiger partial charge in [-0.2, -0.15) is 0 Å². The van der Waals surface area contributed by atoms with Crippen LogP contribution >= 0.6 is 0 Å². The molecule has 0 saturated heterocycles. The Morgan fingerprint density at radius 2 is 1.72 bits per heavy atom. The summed E-state index contributed by atoms with van der Waals surface area (Å²) < 4.78 is 5.13. The summed E-state index contributed by atoms with van der Waals surface area (Å²) in [6, 6.07) is 19.7. The number of nitrogens with two attached hydrogens (primary N) is 1. The Balaban J connectivity index is 1.59. The van der Waals surface area contributed by atoms with Crippen molar-refractivity contribution in [1.29, 1.82) is 0 Å². The molecule has 0 aliphatic rings. The SMILES string of the molecule is COc1ccccc1C(=O)ONc1ccc(N=NC(=O)c2cccc(N)c2)cc1. The number of methoxy groups -OCH3 is 1. The Bertz CT molecular complexity index is 1050. The van der Waals surface area contributed by atoms with Crippen molar-refractivity contribution in [2.75, 3.05) is 18.3 Å². The maximum absolute atomic E-state index is 12.2. The van der Waals surface area contributed by atoms with E-state index in [1.54, 1.807) is 66.7 Å². The lowest BCUT2D eigenvalue weighted by Gasteiger charge is -2.09. The number of ether oxygens (including phenoxy) is 1. The zero-order valence-corrected chi connectivity index (χ0v) is 15.5. The largest absolute Gasteiger partial charge is 0.496 e. The number of nitrogens with zero attached hydrogens (tertiary/aromatic N) is 2. The Morgan fingerprint density at radius 3 is 2.45 bits per heavy atom. The molecule has 3 aromatic rings. The highest BCUT2D eigenvalue weighted by molar-refractivity contribution is 5.95. The van der Waals surface area contributed by atoms with Crippen molar-refractivity contribution in [1.82, 2.24) is 0 Å². The monoisotopic (exact) mass is 390 g/mol. The number of azo groups is 1. The molecule has 3 aromatic carbocycles. The summed E-state index contributed by atoms with van der Waals surface area (Å²) in [5, 5.41) is 7.58.